The van der Waals surface area contributed by atoms with Crippen molar-refractivity contribution in [2.75, 3.05) is 6.61 Å². The third-order valence-corrected chi connectivity index (χ3v) is 4.74. The van der Waals surface area contributed by atoms with Gasteiger partial charge in [-0.05, 0) is 85.1 Å². The Bertz CT molecular complexity index is 1090. The Labute approximate surface area is 185 Å². The third kappa shape index (κ3) is 6.42. The van der Waals surface area contributed by atoms with Crippen LogP contribution in [0.4, 0.5) is 0 Å². The number of nitrogens with zero attached hydrogens (tertiary/aromatic N) is 1. The minimum Gasteiger partial charge on any atom is -0.483 e. The van der Waals surface area contributed by atoms with Gasteiger partial charge in [-0.3, -0.25) is 4.79 Å². The van der Waals surface area contributed by atoms with Crippen LogP contribution in [-0.4, -0.2) is 24.7 Å². The van der Waals surface area contributed by atoms with Gasteiger partial charge in [0.1, 0.15) is 11.5 Å². The molecule has 0 spiro atoms. The van der Waals surface area contributed by atoms with Crippen LogP contribution in [0.1, 0.15) is 27.0 Å². The lowest BCUT2D eigenvalue weighted by atomic mass is 10.1. The Morgan fingerprint density at radius 1 is 1.00 bits per heavy atom. The van der Waals surface area contributed by atoms with E-state index in [9.17, 15) is 9.59 Å². The first-order valence-electron chi connectivity index (χ1n) is 9.51. The zero-order chi connectivity index (χ0) is 22.2. The Kier molecular flexibility index (Phi) is 7.40. The zero-order valence-electron chi connectivity index (χ0n) is 17.1. The maximum absolute atomic E-state index is 12.1. The minimum atomic E-state index is -0.478. The summed E-state index contributed by atoms with van der Waals surface area (Å²) in [4.78, 5) is 24.0. The molecule has 3 aromatic rings. The SMILES string of the molecule is Cc1cccc(OCC(=O)N/N=C\c2ccc(OC(=O)c3ccc(Cl)cc3)cc2)c1C. The van der Waals surface area contributed by atoms with Crippen molar-refractivity contribution in [3.63, 3.8) is 0 Å². The van der Waals surface area contributed by atoms with Crippen LogP contribution in [0.15, 0.2) is 71.8 Å². The van der Waals surface area contributed by atoms with E-state index < -0.39 is 5.97 Å². The van der Waals surface area contributed by atoms with E-state index in [1.165, 1.54) is 6.21 Å². The Balaban J connectivity index is 1.47. The Hall–Kier alpha value is -3.64. The van der Waals surface area contributed by atoms with Crippen molar-refractivity contribution in [2.24, 2.45) is 5.10 Å². The average Bonchev–Trinajstić information content (AvgIpc) is 2.76. The highest BCUT2D eigenvalue weighted by Crippen LogP contribution is 2.20. The number of hydrogen-bond acceptors (Lipinski definition) is 5. The number of benzene rings is 3. The highest BCUT2D eigenvalue weighted by Gasteiger charge is 2.08. The second-order valence-electron chi connectivity index (χ2n) is 6.75. The van der Waals surface area contributed by atoms with E-state index in [1.807, 2.05) is 32.0 Å². The molecule has 31 heavy (non-hydrogen) atoms. The summed E-state index contributed by atoms with van der Waals surface area (Å²) < 4.78 is 10.9. The molecule has 0 fully saturated rings. The summed E-state index contributed by atoms with van der Waals surface area (Å²) in [6, 6.07) is 18.8. The maximum Gasteiger partial charge on any atom is 0.343 e. The molecule has 3 rings (SSSR count). The molecule has 0 bridgehead atoms. The lowest BCUT2D eigenvalue weighted by Gasteiger charge is -2.09. The number of esters is 1. The molecule has 1 N–H and O–H groups in total. The van der Waals surface area contributed by atoms with E-state index in [-0.39, 0.29) is 12.5 Å². The van der Waals surface area contributed by atoms with Gasteiger partial charge in [-0.1, -0.05) is 23.7 Å². The molecule has 0 radical (unpaired) electrons. The van der Waals surface area contributed by atoms with E-state index in [0.29, 0.717) is 22.1 Å². The van der Waals surface area contributed by atoms with Crippen molar-refractivity contribution in [1.29, 1.82) is 0 Å². The quantitative estimate of drug-likeness (QED) is 0.252. The molecule has 0 aliphatic carbocycles. The van der Waals surface area contributed by atoms with Gasteiger partial charge in [0.15, 0.2) is 6.61 Å². The zero-order valence-corrected chi connectivity index (χ0v) is 17.8. The van der Waals surface area contributed by atoms with Crippen molar-refractivity contribution >= 4 is 29.7 Å². The lowest BCUT2D eigenvalue weighted by molar-refractivity contribution is -0.123. The van der Waals surface area contributed by atoms with Crippen LogP contribution in [0.25, 0.3) is 0 Å². The molecule has 0 unspecified atom stereocenters. The first-order chi connectivity index (χ1) is 14.9. The summed E-state index contributed by atoms with van der Waals surface area (Å²) in [5.74, 6) is 0.214. The topological polar surface area (TPSA) is 77.0 Å². The molecule has 158 valence electrons. The number of rotatable bonds is 7. The highest BCUT2D eigenvalue weighted by molar-refractivity contribution is 6.30. The summed E-state index contributed by atoms with van der Waals surface area (Å²) >= 11 is 5.81. The predicted octanol–water partition coefficient (Wildman–Crippen LogP) is 4.71. The molecular formula is C24H21ClN2O4. The largest absolute Gasteiger partial charge is 0.483 e. The fourth-order valence-corrected chi connectivity index (χ4v) is 2.73. The first-order valence-corrected chi connectivity index (χ1v) is 9.89. The van der Waals surface area contributed by atoms with Crippen molar-refractivity contribution in [1.82, 2.24) is 5.43 Å². The summed E-state index contributed by atoms with van der Waals surface area (Å²) in [7, 11) is 0. The van der Waals surface area contributed by atoms with E-state index in [0.717, 1.165) is 16.7 Å². The standard InChI is InChI=1S/C24H21ClN2O4/c1-16-4-3-5-22(17(16)2)30-15-23(28)27-26-14-18-6-12-21(13-7-18)31-24(29)19-8-10-20(25)11-9-19/h3-14H,15H2,1-2H3,(H,27,28)/b26-14-. The molecule has 0 aliphatic heterocycles. The van der Waals surface area contributed by atoms with Gasteiger partial charge in [-0.2, -0.15) is 5.10 Å². The molecule has 6 nitrogen and oxygen atoms in total. The number of ether oxygens (including phenoxy) is 2. The van der Waals surface area contributed by atoms with Gasteiger partial charge in [-0.25, -0.2) is 10.2 Å². The Morgan fingerprint density at radius 2 is 1.71 bits per heavy atom. The maximum atomic E-state index is 12.1. The van der Waals surface area contributed by atoms with Crippen LogP contribution in [0.5, 0.6) is 11.5 Å². The van der Waals surface area contributed by atoms with Gasteiger partial charge < -0.3 is 9.47 Å². The number of carbonyl (C=O) groups is 2. The molecule has 0 heterocycles. The molecule has 0 atom stereocenters. The summed E-state index contributed by atoms with van der Waals surface area (Å²) in [6.07, 6.45) is 1.49. The number of hydrogen-bond donors (Lipinski definition) is 1. The first kappa shape index (κ1) is 22.1. The second-order valence-corrected chi connectivity index (χ2v) is 7.18. The minimum absolute atomic E-state index is 0.138. The van der Waals surface area contributed by atoms with Crippen molar-refractivity contribution in [3.05, 3.63) is 94.0 Å². The van der Waals surface area contributed by atoms with E-state index in [2.05, 4.69) is 10.5 Å². The molecule has 0 aromatic heterocycles. The summed E-state index contributed by atoms with van der Waals surface area (Å²) in [5.41, 5.74) is 5.64. The fourth-order valence-electron chi connectivity index (χ4n) is 2.61. The number of nitrogens with one attached hydrogen (secondary N) is 1. The van der Waals surface area contributed by atoms with Crippen LogP contribution in [-0.2, 0) is 4.79 Å². The van der Waals surface area contributed by atoms with Crippen molar-refractivity contribution in [3.8, 4) is 11.5 Å². The van der Waals surface area contributed by atoms with Gasteiger partial charge in [0, 0.05) is 5.02 Å². The molecule has 7 heteroatoms. The summed E-state index contributed by atoms with van der Waals surface area (Å²) in [5, 5.41) is 4.46. The highest BCUT2D eigenvalue weighted by atomic mass is 35.5. The van der Waals surface area contributed by atoms with Gasteiger partial charge in [0.2, 0.25) is 0 Å². The van der Waals surface area contributed by atoms with Gasteiger partial charge >= 0.3 is 5.97 Å². The molecular weight excluding hydrogens is 416 g/mol. The van der Waals surface area contributed by atoms with Gasteiger partial charge in [0.05, 0.1) is 11.8 Å². The van der Waals surface area contributed by atoms with Crippen molar-refractivity contribution < 1.29 is 19.1 Å². The normalized spacial score (nSPS) is 10.7. The third-order valence-electron chi connectivity index (χ3n) is 4.49. The number of carbonyl (C=O) groups excluding carboxylic acids is 2. The van der Waals surface area contributed by atoms with E-state index in [1.54, 1.807) is 48.5 Å². The van der Waals surface area contributed by atoms with Crippen LogP contribution in [0.3, 0.4) is 0 Å². The van der Waals surface area contributed by atoms with Crippen LogP contribution in [0, 0.1) is 13.8 Å². The molecule has 0 aliphatic rings. The van der Waals surface area contributed by atoms with Crippen LogP contribution >= 0.6 is 11.6 Å². The van der Waals surface area contributed by atoms with E-state index >= 15 is 0 Å². The lowest BCUT2D eigenvalue weighted by Crippen LogP contribution is -2.24. The van der Waals surface area contributed by atoms with Crippen molar-refractivity contribution in [2.45, 2.75) is 13.8 Å². The monoisotopic (exact) mass is 436 g/mol. The van der Waals surface area contributed by atoms with Crippen LogP contribution < -0.4 is 14.9 Å². The average molecular weight is 437 g/mol. The smallest absolute Gasteiger partial charge is 0.343 e. The molecule has 0 saturated heterocycles. The Morgan fingerprint density at radius 3 is 2.42 bits per heavy atom. The number of hydrazone groups is 1. The fraction of sp³-hybridized carbons (Fsp3) is 0.125. The number of aryl methyl sites for hydroxylation is 1. The second kappa shape index (κ2) is 10.4. The molecule has 1 amide bonds. The van der Waals surface area contributed by atoms with Gasteiger partial charge in [-0.15, -0.1) is 0 Å². The van der Waals surface area contributed by atoms with Crippen LogP contribution in [0.2, 0.25) is 5.02 Å². The predicted molar refractivity (Wildman–Crippen MR) is 120 cm³/mol. The number of amides is 1. The molecule has 0 saturated carbocycles. The summed E-state index contributed by atoms with van der Waals surface area (Å²) in [6.45, 7) is 3.79. The molecule has 3 aromatic carbocycles. The van der Waals surface area contributed by atoms with Gasteiger partial charge in [0.25, 0.3) is 5.91 Å². The number of halogens is 1. The van der Waals surface area contributed by atoms with E-state index in [4.69, 9.17) is 21.1 Å².